The van der Waals surface area contributed by atoms with Crippen LogP contribution in [0.3, 0.4) is 0 Å². The van der Waals surface area contributed by atoms with Crippen molar-refractivity contribution in [1.29, 1.82) is 0 Å². The summed E-state index contributed by atoms with van der Waals surface area (Å²) in [6.07, 6.45) is 0. The second kappa shape index (κ2) is 7.45. The Bertz CT molecular complexity index is 753. The van der Waals surface area contributed by atoms with Crippen LogP contribution < -0.4 is 14.8 Å². The van der Waals surface area contributed by atoms with E-state index >= 15 is 0 Å². The summed E-state index contributed by atoms with van der Waals surface area (Å²) in [5.74, 6) is -0.0380. The summed E-state index contributed by atoms with van der Waals surface area (Å²) in [6.45, 7) is 3.44. The van der Waals surface area contributed by atoms with Gasteiger partial charge in [-0.3, -0.25) is 14.9 Å². The topological polar surface area (TPSA) is 90.7 Å². The molecule has 1 amide bonds. The fourth-order valence-corrected chi connectivity index (χ4v) is 2.22. The number of nitro benzene ring substituents is 1. The van der Waals surface area contributed by atoms with Gasteiger partial charge < -0.3 is 14.8 Å². The van der Waals surface area contributed by atoms with Gasteiger partial charge in [-0.05, 0) is 37.1 Å². The maximum absolute atomic E-state index is 12.1. The Labute approximate surface area is 139 Å². The van der Waals surface area contributed by atoms with Gasteiger partial charge in [0.15, 0.2) is 12.4 Å². The third-order valence-electron chi connectivity index (χ3n) is 3.47. The van der Waals surface area contributed by atoms with Crippen molar-refractivity contribution in [3.8, 4) is 11.5 Å². The Hall–Kier alpha value is -3.09. The minimum Gasteiger partial charge on any atom is -0.496 e. The molecule has 7 heteroatoms. The molecule has 0 aliphatic rings. The Balaban J connectivity index is 2.08. The SMILES string of the molecule is COc1ccc(OCC(=O)Nc2c(C)cccc2C)c([N+](=O)[O-])c1. The fourth-order valence-electron chi connectivity index (χ4n) is 2.22. The molecule has 2 aromatic carbocycles. The lowest BCUT2D eigenvalue weighted by Gasteiger charge is -2.12. The first kappa shape index (κ1) is 17.3. The van der Waals surface area contributed by atoms with Gasteiger partial charge in [0.25, 0.3) is 5.91 Å². The number of carbonyl (C=O) groups excluding carboxylic acids is 1. The van der Waals surface area contributed by atoms with E-state index in [0.717, 1.165) is 16.8 Å². The second-order valence-corrected chi connectivity index (χ2v) is 5.19. The van der Waals surface area contributed by atoms with Crippen LogP contribution in [-0.2, 0) is 4.79 Å². The predicted molar refractivity (Wildman–Crippen MR) is 89.7 cm³/mol. The molecule has 0 unspecified atom stereocenters. The van der Waals surface area contributed by atoms with Crippen molar-refractivity contribution in [1.82, 2.24) is 0 Å². The number of para-hydroxylation sites is 1. The summed E-state index contributed by atoms with van der Waals surface area (Å²) >= 11 is 0. The molecule has 0 aromatic heterocycles. The summed E-state index contributed by atoms with van der Waals surface area (Å²) < 4.78 is 10.3. The van der Waals surface area contributed by atoms with E-state index in [0.29, 0.717) is 5.75 Å². The molecule has 0 aliphatic carbocycles. The molecule has 0 fully saturated rings. The van der Waals surface area contributed by atoms with E-state index in [1.54, 1.807) is 0 Å². The predicted octanol–water partition coefficient (Wildman–Crippen LogP) is 3.24. The first-order valence-corrected chi connectivity index (χ1v) is 7.23. The van der Waals surface area contributed by atoms with Crippen molar-refractivity contribution in [3.05, 3.63) is 57.6 Å². The van der Waals surface area contributed by atoms with E-state index in [4.69, 9.17) is 9.47 Å². The van der Waals surface area contributed by atoms with Crippen LogP contribution in [0, 0.1) is 24.0 Å². The Kier molecular flexibility index (Phi) is 5.36. The highest BCUT2D eigenvalue weighted by Crippen LogP contribution is 2.31. The van der Waals surface area contributed by atoms with Gasteiger partial charge in [-0.15, -0.1) is 0 Å². The Morgan fingerprint density at radius 2 is 1.88 bits per heavy atom. The van der Waals surface area contributed by atoms with Crippen molar-refractivity contribution < 1.29 is 19.2 Å². The fraction of sp³-hybridized carbons (Fsp3) is 0.235. The highest BCUT2D eigenvalue weighted by atomic mass is 16.6. The van der Waals surface area contributed by atoms with Crippen molar-refractivity contribution in [2.45, 2.75) is 13.8 Å². The number of hydrogen-bond acceptors (Lipinski definition) is 5. The standard InChI is InChI=1S/C17H18N2O5/c1-11-5-4-6-12(2)17(11)18-16(20)10-24-15-8-7-13(23-3)9-14(15)19(21)22/h4-9H,10H2,1-3H3,(H,18,20). The number of amides is 1. The van der Waals surface area contributed by atoms with Crippen molar-refractivity contribution >= 4 is 17.3 Å². The molecule has 0 saturated heterocycles. The zero-order chi connectivity index (χ0) is 17.7. The van der Waals surface area contributed by atoms with E-state index in [2.05, 4.69) is 5.32 Å². The number of methoxy groups -OCH3 is 1. The average molecular weight is 330 g/mol. The number of rotatable bonds is 6. The van der Waals surface area contributed by atoms with Crippen molar-refractivity contribution in [3.63, 3.8) is 0 Å². The molecule has 0 spiro atoms. The monoisotopic (exact) mass is 330 g/mol. The number of anilines is 1. The lowest BCUT2D eigenvalue weighted by atomic mass is 10.1. The van der Waals surface area contributed by atoms with Crippen LogP contribution in [0.4, 0.5) is 11.4 Å². The molecule has 126 valence electrons. The Morgan fingerprint density at radius 3 is 2.46 bits per heavy atom. The molecule has 0 bridgehead atoms. The molecule has 24 heavy (non-hydrogen) atoms. The van der Waals surface area contributed by atoms with E-state index in [1.165, 1.54) is 25.3 Å². The first-order chi connectivity index (χ1) is 11.4. The Morgan fingerprint density at radius 1 is 1.21 bits per heavy atom. The van der Waals surface area contributed by atoms with Gasteiger partial charge in [0.1, 0.15) is 5.75 Å². The number of ether oxygens (including phenoxy) is 2. The summed E-state index contributed by atoms with van der Waals surface area (Å²) in [5.41, 5.74) is 2.32. The van der Waals surface area contributed by atoms with Gasteiger partial charge in [0.2, 0.25) is 0 Å². The van der Waals surface area contributed by atoms with Gasteiger partial charge in [-0.1, -0.05) is 18.2 Å². The van der Waals surface area contributed by atoms with Crippen LogP contribution in [0.15, 0.2) is 36.4 Å². The van der Waals surface area contributed by atoms with Gasteiger partial charge in [-0.2, -0.15) is 0 Å². The van der Waals surface area contributed by atoms with Gasteiger partial charge in [0.05, 0.1) is 18.1 Å². The molecule has 0 radical (unpaired) electrons. The number of nitrogens with one attached hydrogen (secondary N) is 1. The molecule has 2 aromatic rings. The van der Waals surface area contributed by atoms with Crippen LogP contribution in [-0.4, -0.2) is 24.5 Å². The number of nitro groups is 1. The van der Waals surface area contributed by atoms with E-state index < -0.39 is 10.8 Å². The summed E-state index contributed by atoms with van der Waals surface area (Å²) in [5, 5.41) is 13.8. The molecule has 0 saturated carbocycles. The number of nitrogens with zero attached hydrogens (tertiary/aromatic N) is 1. The molecule has 1 N–H and O–H groups in total. The molecule has 0 aliphatic heterocycles. The molecular weight excluding hydrogens is 312 g/mol. The lowest BCUT2D eigenvalue weighted by Crippen LogP contribution is -2.21. The maximum Gasteiger partial charge on any atom is 0.314 e. The number of aryl methyl sites for hydroxylation is 2. The van der Waals surface area contributed by atoms with Crippen LogP contribution in [0.5, 0.6) is 11.5 Å². The number of hydrogen-bond donors (Lipinski definition) is 1. The van der Waals surface area contributed by atoms with Crippen LogP contribution in [0.1, 0.15) is 11.1 Å². The molecule has 0 atom stereocenters. The third-order valence-corrected chi connectivity index (χ3v) is 3.47. The normalized spacial score (nSPS) is 10.1. The molecule has 0 heterocycles. The lowest BCUT2D eigenvalue weighted by molar-refractivity contribution is -0.385. The largest absolute Gasteiger partial charge is 0.496 e. The number of benzene rings is 2. The molecule has 2 rings (SSSR count). The minimum atomic E-state index is -0.582. The smallest absolute Gasteiger partial charge is 0.314 e. The van der Waals surface area contributed by atoms with E-state index in [-0.39, 0.29) is 18.0 Å². The van der Waals surface area contributed by atoms with E-state index in [9.17, 15) is 14.9 Å². The second-order valence-electron chi connectivity index (χ2n) is 5.19. The minimum absolute atomic E-state index is 0.0115. The van der Waals surface area contributed by atoms with Gasteiger partial charge in [-0.25, -0.2) is 0 Å². The molecule has 7 nitrogen and oxygen atoms in total. The average Bonchev–Trinajstić information content (AvgIpc) is 2.56. The van der Waals surface area contributed by atoms with E-state index in [1.807, 2.05) is 32.0 Å². The third kappa shape index (κ3) is 4.01. The van der Waals surface area contributed by atoms with Crippen LogP contribution >= 0.6 is 0 Å². The first-order valence-electron chi connectivity index (χ1n) is 7.23. The quantitative estimate of drug-likeness (QED) is 0.648. The van der Waals surface area contributed by atoms with Crippen LogP contribution in [0.25, 0.3) is 0 Å². The maximum atomic E-state index is 12.1. The van der Waals surface area contributed by atoms with Gasteiger partial charge in [0, 0.05) is 5.69 Å². The number of carbonyl (C=O) groups is 1. The van der Waals surface area contributed by atoms with Crippen molar-refractivity contribution in [2.75, 3.05) is 19.0 Å². The summed E-state index contributed by atoms with van der Waals surface area (Å²) in [4.78, 5) is 22.6. The highest BCUT2D eigenvalue weighted by Gasteiger charge is 2.18. The highest BCUT2D eigenvalue weighted by molar-refractivity contribution is 5.93. The summed E-state index contributed by atoms with van der Waals surface area (Å²) in [6, 6.07) is 9.86. The van der Waals surface area contributed by atoms with Crippen molar-refractivity contribution in [2.24, 2.45) is 0 Å². The summed E-state index contributed by atoms with van der Waals surface area (Å²) in [7, 11) is 1.41. The van der Waals surface area contributed by atoms with Gasteiger partial charge >= 0.3 is 5.69 Å². The molecular formula is C17H18N2O5. The zero-order valence-corrected chi connectivity index (χ0v) is 13.7. The zero-order valence-electron chi connectivity index (χ0n) is 13.7. The van der Waals surface area contributed by atoms with Crippen LogP contribution in [0.2, 0.25) is 0 Å².